The summed E-state index contributed by atoms with van der Waals surface area (Å²) in [6.07, 6.45) is 0.834. The minimum absolute atomic E-state index is 0.0119. The van der Waals surface area contributed by atoms with Crippen LogP contribution in [-0.2, 0) is 19.1 Å². The minimum atomic E-state index is -0.677. The molecule has 0 fully saturated rings. The van der Waals surface area contributed by atoms with Crippen molar-refractivity contribution in [3.63, 3.8) is 0 Å². The average molecular weight is 571 g/mol. The van der Waals surface area contributed by atoms with Crippen molar-refractivity contribution in [3.05, 3.63) is 51.3 Å². The lowest BCUT2D eigenvalue weighted by molar-refractivity contribution is -0.145. The lowest BCUT2D eigenvalue weighted by Crippen LogP contribution is -2.25. The second-order valence-corrected chi connectivity index (χ2v) is 7.52. The molecule has 0 saturated carbocycles. The van der Waals surface area contributed by atoms with Gasteiger partial charge >= 0.3 is 5.97 Å². The standard InChI is InChI=1S/C22H23FIN3O6/c1-3-31-18-10-14(9-16(24)22(18)33-13-21(30)32-4-2)12-25-27-20(29)11-19(28)26-17-8-6-5-7-15(17)23/h5-10,12H,3-4,11,13H2,1-2H3,(H,26,28)(H,27,29). The highest BCUT2D eigenvalue weighted by Crippen LogP contribution is 2.34. The van der Waals surface area contributed by atoms with Crippen LogP contribution in [0.25, 0.3) is 0 Å². The first-order valence-corrected chi connectivity index (χ1v) is 11.0. The Kier molecular flexibility index (Phi) is 10.5. The van der Waals surface area contributed by atoms with Crippen LogP contribution in [0.1, 0.15) is 25.8 Å². The Bertz CT molecular complexity index is 1030. The summed E-state index contributed by atoms with van der Waals surface area (Å²) in [5.74, 6) is -1.66. The Morgan fingerprint density at radius 1 is 1.09 bits per heavy atom. The molecule has 11 heteroatoms. The first kappa shape index (κ1) is 26.0. The Hall–Kier alpha value is -3.22. The molecule has 0 radical (unpaired) electrons. The number of hydrazone groups is 1. The Balaban J connectivity index is 1.97. The highest BCUT2D eigenvalue weighted by Gasteiger charge is 2.15. The molecule has 2 aromatic rings. The Morgan fingerprint density at radius 3 is 2.55 bits per heavy atom. The molecule has 0 aliphatic heterocycles. The number of hydrogen-bond donors (Lipinski definition) is 2. The third kappa shape index (κ3) is 8.67. The number of benzene rings is 2. The maximum atomic E-state index is 13.6. The number of amides is 2. The first-order chi connectivity index (χ1) is 15.8. The van der Waals surface area contributed by atoms with E-state index in [-0.39, 0.29) is 18.9 Å². The van der Waals surface area contributed by atoms with E-state index in [1.54, 1.807) is 32.0 Å². The van der Waals surface area contributed by atoms with Gasteiger partial charge in [-0.15, -0.1) is 0 Å². The van der Waals surface area contributed by atoms with Crippen LogP contribution in [0.2, 0.25) is 0 Å². The van der Waals surface area contributed by atoms with E-state index >= 15 is 0 Å². The summed E-state index contributed by atoms with van der Waals surface area (Å²) in [4.78, 5) is 35.4. The molecule has 2 aromatic carbocycles. The minimum Gasteiger partial charge on any atom is -0.490 e. The number of nitrogens with zero attached hydrogens (tertiary/aromatic N) is 1. The predicted molar refractivity (Wildman–Crippen MR) is 128 cm³/mol. The van der Waals surface area contributed by atoms with Gasteiger partial charge in [-0.25, -0.2) is 14.6 Å². The zero-order chi connectivity index (χ0) is 24.2. The van der Waals surface area contributed by atoms with Crippen molar-refractivity contribution >= 4 is 52.3 Å². The summed E-state index contributed by atoms with van der Waals surface area (Å²) in [6, 6.07) is 8.99. The van der Waals surface area contributed by atoms with Gasteiger partial charge in [-0.3, -0.25) is 9.59 Å². The molecular formula is C22H23FIN3O6. The van der Waals surface area contributed by atoms with Gasteiger partial charge < -0.3 is 19.5 Å². The van der Waals surface area contributed by atoms with Crippen LogP contribution in [0.3, 0.4) is 0 Å². The highest BCUT2D eigenvalue weighted by atomic mass is 127. The molecule has 0 aliphatic carbocycles. The summed E-state index contributed by atoms with van der Waals surface area (Å²) >= 11 is 2.02. The van der Waals surface area contributed by atoms with E-state index < -0.39 is 30.0 Å². The van der Waals surface area contributed by atoms with E-state index in [1.165, 1.54) is 24.4 Å². The summed E-state index contributed by atoms with van der Waals surface area (Å²) in [5.41, 5.74) is 2.82. The van der Waals surface area contributed by atoms with Crippen molar-refractivity contribution in [1.29, 1.82) is 0 Å². The lowest BCUT2D eigenvalue weighted by atomic mass is 10.2. The number of halogens is 2. The van der Waals surface area contributed by atoms with Crippen molar-refractivity contribution < 1.29 is 33.0 Å². The molecule has 0 heterocycles. The summed E-state index contributed by atoms with van der Waals surface area (Å²) in [5, 5.41) is 6.16. The van der Waals surface area contributed by atoms with Gasteiger partial charge in [0.05, 0.1) is 28.7 Å². The molecule has 0 unspecified atom stereocenters. The summed E-state index contributed by atoms with van der Waals surface area (Å²) in [6.45, 7) is 3.86. The smallest absolute Gasteiger partial charge is 0.344 e. The van der Waals surface area contributed by atoms with Crippen LogP contribution in [0.5, 0.6) is 11.5 Å². The van der Waals surface area contributed by atoms with Gasteiger partial charge in [0.15, 0.2) is 18.1 Å². The van der Waals surface area contributed by atoms with Gasteiger partial charge in [-0.1, -0.05) is 12.1 Å². The molecule has 0 atom stereocenters. The molecule has 2 N–H and O–H groups in total. The lowest BCUT2D eigenvalue weighted by Gasteiger charge is -2.14. The van der Waals surface area contributed by atoms with Crippen LogP contribution >= 0.6 is 22.6 Å². The monoisotopic (exact) mass is 571 g/mol. The SMILES string of the molecule is CCOC(=O)COc1c(I)cc(C=NNC(=O)CC(=O)Nc2ccccc2F)cc1OCC. The van der Waals surface area contributed by atoms with E-state index in [0.717, 1.165) is 0 Å². The van der Waals surface area contributed by atoms with Gasteiger partial charge in [-0.05, 0) is 66.3 Å². The van der Waals surface area contributed by atoms with Crippen molar-refractivity contribution in [2.45, 2.75) is 20.3 Å². The maximum Gasteiger partial charge on any atom is 0.344 e. The molecule has 176 valence electrons. The molecule has 0 aromatic heterocycles. The normalized spacial score (nSPS) is 10.5. The Labute approximate surface area is 203 Å². The molecule has 2 rings (SSSR count). The summed E-state index contributed by atoms with van der Waals surface area (Å²) in [7, 11) is 0. The zero-order valence-corrected chi connectivity index (χ0v) is 20.2. The van der Waals surface area contributed by atoms with E-state index in [2.05, 4.69) is 15.8 Å². The van der Waals surface area contributed by atoms with Gasteiger partial charge in [0, 0.05) is 0 Å². The number of carbonyl (C=O) groups excluding carboxylic acids is 3. The number of esters is 1. The van der Waals surface area contributed by atoms with Gasteiger partial charge in [0.1, 0.15) is 12.2 Å². The zero-order valence-electron chi connectivity index (χ0n) is 18.0. The molecular weight excluding hydrogens is 548 g/mol. The highest BCUT2D eigenvalue weighted by molar-refractivity contribution is 14.1. The van der Waals surface area contributed by atoms with E-state index in [1.807, 2.05) is 22.6 Å². The van der Waals surface area contributed by atoms with E-state index in [9.17, 15) is 18.8 Å². The third-order valence-electron chi connectivity index (χ3n) is 3.84. The molecule has 0 bridgehead atoms. The van der Waals surface area contributed by atoms with Gasteiger partial charge in [0.2, 0.25) is 11.8 Å². The molecule has 2 amide bonds. The predicted octanol–water partition coefficient (Wildman–Crippen LogP) is 3.25. The second-order valence-electron chi connectivity index (χ2n) is 6.35. The number of ether oxygens (including phenoxy) is 3. The van der Waals surface area contributed by atoms with Crippen LogP contribution < -0.4 is 20.2 Å². The second kappa shape index (κ2) is 13.4. The number of carbonyl (C=O) groups is 3. The van der Waals surface area contributed by atoms with Crippen LogP contribution in [0, 0.1) is 9.39 Å². The number of para-hydroxylation sites is 1. The van der Waals surface area contributed by atoms with E-state index in [0.29, 0.717) is 27.2 Å². The third-order valence-corrected chi connectivity index (χ3v) is 4.64. The topological polar surface area (TPSA) is 115 Å². The van der Waals surface area contributed by atoms with Gasteiger partial charge in [0.25, 0.3) is 0 Å². The fourth-order valence-corrected chi connectivity index (χ4v) is 3.30. The molecule has 0 aliphatic rings. The number of anilines is 1. The quantitative estimate of drug-likeness (QED) is 0.141. The van der Waals surface area contributed by atoms with Crippen molar-refractivity contribution in [2.75, 3.05) is 25.1 Å². The first-order valence-electron chi connectivity index (χ1n) is 9.95. The Morgan fingerprint density at radius 2 is 1.85 bits per heavy atom. The number of nitrogens with one attached hydrogen (secondary N) is 2. The molecule has 0 saturated heterocycles. The average Bonchev–Trinajstić information content (AvgIpc) is 2.75. The number of rotatable bonds is 11. The number of hydrogen-bond acceptors (Lipinski definition) is 7. The van der Waals surface area contributed by atoms with Crippen molar-refractivity contribution in [1.82, 2.24) is 5.43 Å². The van der Waals surface area contributed by atoms with Gasteiger partial charge in [-0.2, -0.15) is 5.10 Å². The molecule has 0 spiro atoms. The van der Waals surface area contributed by atoms with Crippen molar-refractivity contribution in [3.8, 4) is 11.5 Å². The van der Waals surface area contributed by atoms with E-state index in [4.69, 9.17) is 14.2 Å². The van der Waals surface area contributed by atoms with Crippen molar-refractivity contribution in [2.24, 2.45) is 5.10 Å². The maximum absolute atomic E-state index is 13.6. The molecule has 9 nitrogen and oxygen atoms in total. The van der Waals surface area contributed by atoms with Crippen LogP contribution in [0.15, 0.2) is 41.5 Å². The largest absolute Gasteiger partial charge is 0.490 e. The fraction of sp³-hybridized carbons (Fsp3) is 0.273. The molecule has 33 heavy (non-hydrogen) atoms. The van der Waals surface area contributed by atoms with Crippen LogP contribution in [0.4, 0.5) is 10.1 Å². The van der Waals surface area contributed by atoms with Crippen LogP contribution in [-0.4, -0.2) is 43.8 Å². The fourth-order valence-electron chi connectivity index (χ4n) is 2.52. The summed E-state index contributed by atoms with van der Waals surface area (Å²) < 4.78 is 30.2.